The normalized spacial score (nSPS) is 31.8. The fraction of sp³-hybridized carbons (Fsp3) is 0.688. The summed E-state index contributed by atoms with van der Waals surface area (Å²) in [6.45, 7) is 3.80. The Kier molecular flexibility index (Phi) is 3.93. The standard InChI is InChI=1S/C16H22ClN3O2S/c1-10-9-23-15-18-14(17)12(20(10)15)8-19-6-5-16(22-2)4-3-11(21)7-13(16)19/h9,11,13,21H,3-8H2,1-2H3/t11-,13+,16-/m1/s1. The highest BCUT2D eigenvalue weighted by molar-refractivity contribution is 7.15. The van der Waals surface area contributed by atoms with Crippen LogP contribution in [0.2, 0.25) is 5.15 Å². The minimum absolute atomic E-state index is 0.112. The summed E-state index contributed by atoms with van der Waals surface area (Å²) in [5.41, 5.74) is 2.10. The molecule has 0 spiro atoms. The topological polar surface area (TPSA) is 50.0 Å². The van der Waals surface area contributed by atoms with Gasteiger partial charge >= 0.3 is 0 Å². The van der Waals surface area contributed by atoms with E-state index in [-0.39, 0.29) is 17.7 Å². The second-order valence-corrected chi connectivity index (χ2v) is 7.97. The molecular formula is C16H22ClN3O2S. The van der Waals surface area contributed by atoms with Gasteiger partial charge in [-0.1, -0.05) is 11.6 Å². The fourth-order valence-electron chi connectivity index (χ4n) is 4.33. The molecule has 1 N–H and O–H groups in total. The first-order valence-corrected chi connectivity index (χ1v) is 9.38. The summed E-state index contributed by atoms with van der Waals surface area (Å²) in [4.78, 5) is 7.83. The van der Waals surface area contributed by atoms with Crippen LogP contribution in [0.1, 0.15) is 37.1 Å². The Morgan fingerprint density at radius 1 is 1.52 bits per heavy atom. The average Bonchev–Trinajstić information content (AvgIpc) is 3.16. The van der Waals surface area contributed by atoms with Crippen LogP contribution in [-0.4, -0.2) is 50.8 Å². The van der Waals surface area contributed by atoms with Gasteiger partial charge in [0.25, 0.3) is 0 Å². The lowest BCUT2D eigenvalue weighted by Gasteiger charge is -2.42. The van der Waals surface area contributed by atoms with E-state index in [0.717, 1.165) is 49.4 Å². The first-order valence-electron chi connectivity index (χ1n) is 8.12. The molecule has 0 bridgehead atoms. The van der Waals surface area contributed by atoms with Crippen LogP contribution in [0.25, 0.3) is 4.96 Å². The SMILES string of the molecule is CO[C@@]12CC[C@@H](O)C[C@@H]1N(Cc1c(Cl)nc3scc(C)n13)CC2. The molecular weight excluding hydrogens is 334 g/mol. The fourth-order valence-corrected chi connectivity index (χ4v) is 5.49. The summed E-state index contributed by atoms with van der Waals surface area (Å²) in [7, 11) is 1.81. The Bertz CT molecular complexity index is 730. The van der Waals surface area contributed by atoms with Crippen molar-refractivity contribution >= 4 is 27.9 Å². The van der Waals surface area contributed by atoms with Crippen LogP contribution in [0.3, 0.4) is 0 Å². The Morgan fingerprint density at radius 3 is 3.13 bits per heavy atom. The quantitative estimate of drug-likeness (QED) is 0.919. The zero-order valence-corrected chi connectivity index (χ0v) is 15.0. The minimum Gasteiger partial charge on any atom is -0.393 e. The molecule has 0 unspecified atom stereocenters. The van der Waals surface area contributed by atoms with Gasteiger partial charge in [-0.25, -0.2) is 4.98 Å². The van der Waals surface area contributed by atoms with Crippen molar-refractivity contribution in [1.29, 1.82) is 0 Å². The first-order chi connectivity index (χ1) is 11.0. The number of thiazole rings is 1. The zero-order chi connectivity index (χ0) is 16.2. The third-order valence-corrected chi connectivity index (χ3v) is 6.85. The maximum absolute atomic E-state index is 10.1. The van der Waals surface area contributed by atoms with E-state index in [1.807, 2.05) is 0 Å². The molecule has 1 saturated heterocycles. The molecule has 0 amide bonds. The Morgan fingerprint density at radius 2 is 2.35 bits per heavy atom. The summed E-state index contributed by atoms with van der Waals surface area (Å²) < 4.78 is 8.07. The van der Waals surface area contributed by atoms with E-state index in [1.54, 1.807) is 18.4 Å². The van der Waals surface area contributed by atoms with Gasteiger partial charge in [0, 0.05) is 37.3 Å². The molecule has 0 aromatic carbocycles. The lowest BCUT2D eigenvalue weighted by Crippen LogP contribution is -2.51. The maximum Gasteiger partial charge on any atom is 0.195 e. The Balaban J connectivity index is 1.65. The monoisotopic (exact) mass is 355 g/mol. The predicted octanol–water partition coefficient (Wildman–Crippen LogP) is 2.86. The molecule has 5 nitrogen and oxygen atoms in total. The maximum atomic E-state index is 10.1. The molecule has 1 saturated carbocycles. The number of imidazole rings is 1. The second-order valence-electron chi connectivity index (χ2n) is 6.78. The van der Waals surface area contributed by atoms with Crippen molar-refractivity contribution < 1.29 is 9.84 Å². The molecule has 3 heterocycles. The average molecular weight is 356 g/mol. The number of hydrogen-bond acceptors (Lipinski definition) is 5. The lowest BCUT2D eigenvalue weighted by atomic mass is 9.79. The van der Waals surface area contributed by atoms with E-state index >= 15 is 0 Å². The van der Waals surface area contributed by atoms with Crippen molar-refractivity contribution in [2.24, 2.45) is 0 Å². The van der Waals surface area contributed by atoms with Crippen molar-refractivity contribution in [1.82, 2.24) is 14.3 Å². The van der Waals surface area contributed by atoms with Gasteiger partial charge in [0.05, 0.1) is 17.4 Å². The first kappa shape index (κ1) is 15.8. The predicted molar refractivity (Wildman–Crippen MR) is 91.2 cm³/mol. The van der Waals surface area contributed by atoms with E-state index < -0.39 is 0 Å². The van der Waals surface area contributed by atoms with Gasteiger partial charge in [-0.3, -0.25) is 9.30 Å². The number of hydrogen-bond donors (Lipinski definition) is 1. The van der Waals surface area contributed by atoms with Gasteiger partial charge in [0.1, 0.15) is 0 Å². The molecule has 2 aromatic rings. The number of methoxy groups -OCH3 is 1. The molecule has 126 valence electrons. The van der Waals surface area contributed by atoms with Gasteiger partial charge in [-0.2, -0.15) is 0 Å². The molecule has 7 heteroatoms. The summed E-state index contributed by atoms with van der Waals surface area (Å²) in [5, 5.41) is 12.8. The van der Waals surface area contributed by atoms with Gasteiger partial charge < -0.3 is 9.84 Å². The smallest absolute Gasteiger partial charge is 0.195 e. The van der Waals surface area contributed by atoms with E-state index in [1.165, 1.54) is 5.69 Å². The summed E-state index contributed by atoms with van der Waals surface area (Å²) in [5.74, 6) is 0. The number of aliphatic hydroxyl groups excluding tert-OH is 1. The van der Waals surface area contributed by atoms with E-state index in [2.05, 4.69) is 26.6 Å². The Hall–Kier alpha value is -0.660. The van der Waals surface area contributed by atoms with Gasteiger partial charge in [-0.15, -0.1) is 11.3 Å². The van der Waals surface area contributed by atoms with Crippen LogP contribution in [-0.2, 0) is 11.3 Å². The molecule has 1 aliphatic heterocycles. The van der Waals surface area contributed by atoms with Crippen LogP contribution < -0.4 is 0 Å². The van der Waals surface area contributed by atoms with Crippen LogP contribution in [0.4, 0.5) is 0 Å². The number of nitrogens with zero attached hydrogens (tertiary/aromatic N) is 3. The van der Waals surface area contributed by atoms with Crippen molar-refractivity contribution in [3.05, 3.63) is 21.9 Å². The number of likely N-dealkylation sites (tertiary alicyclic amines) is 1. The van der Waals surface area contributed by atoms with Crippen LogP contribution in [0.15, 0.2) is 5.38 Å². The molecule has 2 aliphatic rings. The number of aromatic nitrogens is 2. The number of fused-ring (bicyclic) bond motifs is 2. The number of halogens is 1. The Labute approximate surface area is 144 Å². The third kappa shape index (κ3) is 2.43. The molecule has 4 rings (SSSR count). The van der Waals surface area contributed by atoms with Crippen LogP contribution >= 0.6 is 22.9 Å². The number of aliphatic hydroxyl groups is 1. The lowest BCUT2D eigenvalue weighted by molar-refractivity contribution is -0.0880. The van der Waals surface area contributed by atoms with E-state index in [0.29, 0.717) is 5.15 Å². The highest BCUT2D eigenvalue weighted by Gasteiger charge is 2.50. The summed E-state index contributed by atoms with van der Waals surface area (Å²) in [6.07, 6.45) is 3.32. The van der Waals surface area contributed by atoms with Crippen molar-refractivity contribution in [2.45, 2.75) is 56.9 Å². The van der Waals surface area contributed by atoms with Crippen molar-refractivity contribution in [3.63, 3.8) is 0 Å². The van der Waals surface area contributed by atoms with E-state index in [4.69, 9.17) is 16.3 Å². The van der Waals surface area contributed by atoms with Gasteiger partial charge in [0.15, 0.2) is 10.1 Å². The minimum atomic E-state index is -0.229. The van der Waals surface area contributed by atoms with Crippen molar-refractivity contribution in [2.75, 3.05) is 13.7 Å². The largest absolute Gasteiger partial charge is 0.393 e. The molecule has 3 atom stereocenters. The molecule has 1 aliphatic carbocycles. The highest BCUT2D eigenvalue weighted by atomic mass is 35.5. The van der Waals surface area contributed by atoms with Gasteiger partial charge in [-0.05, 0) is 32.6 Å². The number of ether oxygens (including phenoxy) is 1. The molecule has 2 aromatic heterocycles. The zero-order valence-electron chi connectivity index (χ0n) is 13.5. The van der Waals surface area contributed by atoms with Crippen molar-refractivity contribution in [3.8, 4) is 0 Å². The second kappa shape index (κ2) is 5.70. The van der Waals surface area contributed by atoms with Gasteiger partial charge in [0.2, 0.25) is 0 Å². The third-order valence-electron chi connectivity index (χ3n) is 5.61. The highest BCUT2D eigenvalue weighted by Crippen LogP contribution is 2.43. The number of aryl methyl sites for hydroxylation is 1. The molecule has 0 radical (unpaired) electrons. The summed E-state index contributed by atoms with van der Waals surface area (Å²) in [6, 6.07) is 0.247. The van der Waals surface area contributed by atoms with Crippen LogP contribution in [0, 0.1) is 6.92 Å². The van der Waals surface area contributed by atoms with E-state index in [9.17, 15) is 5.11 Å². The van der Waals surface area contributed by atoms with Crippen LogP contribution in [0.5, 0.6) is 0 Å². The molecule has 2 fully saturated rings. The molecule has 23 heavy (non-hydrogen) atoms. The summed E-state index contributed by atoms with van der Waals surface area (Å²) >= 11 is 8.02. The number of rotatable bonds is 3.